The molecule has 2 N–H and O–H groups in total. The first kappa shape index (κ1) is 11.1. The van der Waals surface area contributed by atoms with Crippen LogP contribution < -0.4 is 10.9 Å². The van der Waals surface area contributed by atoms with Crippen molar-refractivity contribution < 1.29 is 9.13 Å². The van der Waals surface area contributed by atoms with Crippen LogP contribution in [-0.2, 0) is 4.74 Å². The second kappa shape index (κ2) is 5.07. The molecular formula is C10H14FN3O2. The highest BCUT2D eigenvalue weighted by atomic mass is 19.1. The van der Waals surface area contributed by atoms with E-state index in [-0.39, 0.29) is 5.69 Å². The Morgan fingerprint density at radius 3 is 3.31 bits per heavy atom. The second-order valence-electron chi connectivity index (χ2n) is 3.89. The molecule has 1 unspecified atom stereocenters. The highest BCUT2D eigenvalue weighted by molar-refractivity contribution is 5.40. The predicted molar refractivity (Wildman–Crippen MR) is 56.8 cm³/mol. The zero-order valence-corrected chi connectivity index (χ0v) is 8.83. The molecule has 16 heavy (non-hydrogen) atoms. The minimum Gasteiger partial charge on any atom is -0.381 e. The highest BCUT2D eigenvalue weighted by Gasteiger charge is 2.14. The largest absolute Gasteiger partial charge is 0.381 e. The van der Waals surface area contributed by atoms with Gasteiger partial charge in [-0.05, 0) is 18.8 Å². The maximum absolute atomic E-state index is 13.3. The Balaban J connectivity index is 1.93. The molecule has 1 aliphatic rings. The summed E-state index contributed by atoms with van der Waals surface area (Å²) in [6, 6.07) is 0. The van der Waals surface area contributed by atoms with Crippen LogP contribution >= 0.6 is 0 Å². The van der Waals surface area contributed by atoms with Gasteiger partial charge in [0.15, 0.2) is 0 Å². The fourth-order valence-electron chi connectivity index (χ4n) is 1.73. The van der Waals surface area contributed by atoms with Crippen LogP contribution in [0.5, 0.6) is 0 Å². The number of halogens is 1. The summed E-state index contributed by atoms with van der Waals surface area (Å²) >= 11 is 0. The molecule has 1 atom stereocenters. The van der Waals surface area contributed by atoms with Crippen molar-refractivity contribution in [3.63, 3.8) is 0 Å². The number of nitrogens with one attached hydrogen (secondary N) is 2. The molecular weight excluding hydrogens is 213 g/mol. The van der Waals surface area contributed by atoms with E-state index in [1.54, 1.807) is 0 Å². The summed E-state index contributed by atoms with van der Waals surface area (Å²) in [4.78, 5) is 10.9. The highest BCUT2D eigenvalue weighted by Crippen LogP contribution is 2.15. The maximum Gasteiger partial charge on any atom is 0.302 e. The second-order valence-corrected chi connectivity index (χ2v) is 3.89. The number of hydrogen-bond acceptors (Lipinski definition) is 4. The van der Waals surface area contributed by atoms with Crippen molar-refractivity contribution in [1.82, 2.24) is 10.2 Å². The summed E-state index contributed by atoms with van der Waals surface area (Å²) < 4.78 is 18.6. The van der Waals surface area contributed by atoms with Gasteiger partial charge in [-0.3, -0.25) is 4.79 Å². The average Bonchev–Trinajstić information content (AvgIpc) is 2.32. The van der Waals surface area contributed by atoms with Crippen LogP contribution in [0.4, 0.5) is 10.1 Å². The van der Waals surface area contributed by atoms with E-state index in [1.165, 1.54) is 6.20 Å². The number of H-pyrrole nitrogens is 1. The van der Waals surface area contributed by atoms with Crippen molar-refractivity contribution in [3.05, 3.63) is 22.4 Å². The first-order chi connectivity index (χ1) is 7.77. The number of ether oxygens (including phenoxy) is 1. The third-order valence-electron chi connectivity index (χ3n) is 2.63. The van der Waals surface area contributed by atoms with E-state index in [0.29, 0.717) is 19.1 Å². The summed E-state index contributed by atoms with van der Waals surface area (Å²) in [5.41, 5.74) is -0.654. The van der Waals surface area contributed by atoms with Gasteiger partial charge in [0.2, 0.25) is 5.82 Å². The Morgan fingerprint density at radius 1 is 1.69 bits per heavy atom. The fraction of sp³-hybridized carbons (Fsp3) is 0.600. The van der Waals surface area contributed by atoms with Gasteiger partial charge in [0, 0.05) is 13.2 Å². The summed E-state index contributed by atoms with van der Waals surface area (Å²) in [6.07, 6.45) is 3.37. The van der Waals surface area contributed by atoms with E-state index < -0.39 is 11.4 Å². The Labute approximate surface area is 92.0 Å². The van der Waals surface area contributed by atoms with E-state index in [2.05, 4.69) is 10.4 Å². The Bertz CT molecular complexity index is 401. The topological polar surface area (TPSA) is 67.0 Å². The molecule has 0 bridgehead atoms. The Hall–Kier alpha value is -1.43. The van der Waals surface area contributed by atoms with E-state index in [4.69, 9.17) is 4.74 Å². The maximum atomic E-state index is 13.3. The lowest BCUT2D eigenvalue weighted by atomic mass is 10.0. The van der Waals surface area contributed by atoms with E-state index >= 15 is 0 Å². The molecule has 5 nitrogen and oxygen atoms in total. The van der Waals surface area contributed by atoms with E-state index in [1.807, 2.05) is 5.10 Å². The fourth-order valence-corrected chi connectivity index (χ4v) is 1.73. The number of aromatic amines is 1. The van der Waals surface area contributed by atoms with Gasteiger partial charge in [0.05, 0.1) is 18.5 Å². The monoisotopic (exact) mass is 227 g/mol. The van der Waals surface area contributed by atoms with Gasteiger partial charge >= 0.3 is 5.56 Å². The lowest BCUT2D eigenvalue weighted by Crippen LogP contribution is -2.25. The minimum atomic E-state index is -0.813. The molecule has 0 spiro atoms. The van der Waals surface area contributed by atoms with Crippen LogP contribution in [0.2, 0.25) is 0 Å². The van der Waals surface area contributed by atoms with Crippen LogP contribution in [0, 0.1) is 11.7 Å². The van der Waals surface area contributed by atoms with Crippen LogP contribution in [0.15, 0.2) is 11.0 Å². The summed E-state index contributed by atoms with van der Waals surface area (Å²) in [6.45, 7) is 2.09. The molecule has 0 aliphatic carbocycles. The number of hydrogen-bond donors (Lipinski definition) is 2. The zero-order valence-electron chi connectivity index (χ0n) is 8.83. The van der Waals surface area contributed by atoms with Crippen LogP contribution in [0.3, 0.4) is 0 Å². The Kier molecular flexibility index (Phi) is 3.51. The standard InChI is InChI=1S/C10H14FN3O2/c11-9-8(5-13-14-10(9)15)12-4-7-2-1-3-16-6-7/h5,7H,1-4,6H2,(H2,12,14,15). The molecule has 0 aromatic carbocycles. The lowest BCUT2D eigenvalue weighted by molar-refractivity contribution is 0.0595. The summed E-state index contributed by atoms with van der Waals surface area (Å²) in [5, 5.41) is 8.46. The van der Waals surface area contributed by atoms with Gasteiger partial charge < -0.3 is 10.1 Å². The van der Waals surface area contributed by atoms with Crippen LogP contribution in [0.25, 0.3) is 0 Å². The molecule has 2 heterocycles. The molecule has 88 valence electrons. The van der Waals surface area contributed by atoms with Crippen molar-refractivity contribution in [2.24, 2.45) is 5.92 Å². The molecule has 1 saturated heterocycles. The van der Waals surface area contributed by atoms with Crippen molar-refractivity contribution in [3.8, 4) is 0 Å². The van der Waals surface area contributed by atoms with Gasteiger partial charge in [-0.25, -0.2) is 5.10 Å². The first-order valence-electron chi connectivity index (χ1n) is 5.32. The third-order valence-corrected chi connectivity index (χ3v) is 2.63. The van der Waals surface area contributed by atoms with Crippen molar-refractivity contribution in [2.75, 3.05) is 25.1 Å². The van der Waals surface area contributed by atoms with Crippen molar-refractivity contribution in [2.45, 2.75) is 12.8 Å². The molecule has 0 amide bonds. The zero-order chi connectivity index (χ0) is 11.4. The van der Waals surface area contributed by atoms with Gasteiger partial charge in [-0.1, -0.05) is 0 Å². The van der Waals surface area contributed by atoms with Gasteiger partial charge in [0.25, 0.3) is 0 Å². The number of aromatic nitrogens is 2. The molecule has 1 aliphatic heterocycles. The predicted octanol–water partition coefficient (Wildman–Crippen LogP) is 0.747. The normalized spacial score (nSPS) is 20.7. The molecule has 2 rings (SSSR count). The van der Waals surface area contributed by atoms with E-state index in [9.17, 15) is 9.18 Å². The average molecular weight is 227 g/mol. The van der Waals surface area contributed by atoms with Gasteiger partial charge in [-0.15, -0.1) is 0 Å². The van der Waals surface area contributed by atoms with Crippen LogP contribution in [-0.4, -0.2) is 30.0 Å². The van der Waals surface area contributed by atoms with Crippen molar-refractivity contribution >= 4 is 5.69 Å². The molecule has 1 aromatic rings. The summed E-state index contributed by atoms with van der Waals surface area (Å²) in [5.74, 6) is -0.445. The SMILES string of the molecule is O=c1[nH]ncc(NCC2CCCOC2)c1F. The van der Waals surface area contributed by atoms with Crippen molar-refractivity contribution in [1.29, 1.82) is 0 Å². The minimum absolute atomic E-state index is 0.148. The molecule has 0 saturated carbocycles. The first-order valence-corrected chi connectivity index (χ1v) is 5.32. The lowest BCUT2D eigenvalue weighted by Gasteiger charge is -2.22. The van der Waals surface area contributed by atoms with Crippen LogP contribution in [0.1, 0.15) is 12.8 Å². The number of rotatable bonds is 3. The smallest absolute Gasteiger partial charge is 0.302 e. The summed E-state index contributed by atoms with van der Waals surface area (Å²) in [7, 11) is 0. The van der Waals surface area contributed by atoms with Gasteiger partial charge in [-0.2, -0.15) is 9.49 Å². The van der Waals surface area contributed by atoms with Gasteiger partial charge in [0.1, 0.15) is 0 Å². The number of anilines is 1. The molecule has 6 heteroatoms. The molecule has 0 radical (unpaired) electrons. The third kappa shape index (κ3) is 2.57. The Morgan fingerprint density at radius 2 is 2.56 bits per heavy atom. The van der Waals surface area contributed by atoms with E-state index in [0.717, 1.165) is 19.4 Å². The molecule has 1 fully saturated rings. The molecule has 1 aromatic heterocycles. The quantitative estimate of drug-likeness (QED) is 0.799. The number of nitrogens with zero attached hydrogens (tertiary/aromatic N) is 1.